The maximum atomic E-state index is 13.2. The first-order valence-corrected chi connectivity index (χ1v) is 5.70. The summed E-state index contributed by atoms with van der Waals surface area (Å²) in [5.41, 5.74) is -0.250. The first-order valence-electron chi connectivity index (χ1n) is 5.70. The summed E-state index contributed by atoms with van der Waals surface area (Å²) in [6.45, 7) is 1.92. The predicted octanol–water partition coefficient (Wildman–Crippen LogP) is 1.59. The van der Waals surface area contributed by atoms with E-state index in [1.807, 2.05) is 6.92 Å². The number of carbonyl (C=O) groups excluding carboxylic acids is 1. The molecule has 5 nitrogen and oxygen atoms in total. The van der Waals surface area contributed by atoms with Crippen molar-refractivity contribution >= 4 is 11.9 Å². The van der Waals surface area contributed by atoms with E-state index in [-0.39, 0.29) is 5.56 Å². The number of nitrogens with zero attached hydrogens (tertiary/aromatic N) is 1. The molecule has 0 aliphatic heterocycles. The van der Waals surface area contributed by atoms with E-state index in [1.54, 1.807) is 0 Å². The smallest absolute Gasteiger partial charge is 0.326 e. The van der Waals surface area contributed by atoms with E-state index in [9.17, 15) is 14.0 Å². The van der Waals surface area contributed by atoms with Crippen LogP contribution in [0.15, 0.2) is 18.3 Å². The number of nitrogens with one attached hydrogen (secondary N) is 1. The second kappa shape index (κ2) is 6.68. The largest absolute Gasteiger partial charge is 0.480 e. The minimum Gasteiger partial charge on any atom is -0.480 e. The molecule has 1 heterocycles. The summed E-state index contributed by atoms with van der Waals surface area (Å²) in [6, 6.07) is 1.67. The summed E-state index contributed by atoms with van der Waals surface area (Å²) in [6.07, 6.45) is 3.03. The first-order chi connectivity index (χ1) is 8.56. The minimum absolute atomic E-state index is 0.250. The average molecular weight is 254 g/mol. The molecule has 0 spiro atoms. The predicted molar refractivity (Wildman–Crippen MR) is 62.6 cm³/mol. The fraction of sp³-hybridized carbons (Fsp3) is 0.417. The van der Waals surface area contributed by atoms with Crippen molar-refractivity contribution in [3.8, 4) is 0 Å². The molecule has 0 aliphatic carbocycles. The van der Waals surface area contributed by atoms with Crippen molar-refractivity contribution in [3.05, 3.63) is 29.8 Å². The maximum absolute atomic E-state index is 13.2. The Kier molecular flexibility index (Phi) is 5.23. The topological polar surface area (TPSA) is 79.3 Å². The Morgan fingerprint density at radius 1 is 1.56 bits per heavy atom. The number of hydrogen-bond acceptors (Lipinski definition) is 3. The van der Waals surface area contributed by atoms with Crippen LogP contribution in [0.2, 0.25) is 0 Å². The van der Waals surface area contributed by atoms with Gasteiger partial charge in [-0.15, -0.1) is 0 Å². The molecular weight excluding hydrogens is 239 g/mol. The second-order valence-corrected chi connectivity index (χ2v) is 3.85. The number of amides is 1. The molecule has 0 radical (unpaired) electrons. The Morgan fingerprint density at radius 3 is 2.83 bits per heavy atom. The lowest BCUT2D eigenvalue weighted by Crippen LogP contribution is -2.41. The Morgan fingerprint density at radius 2 is 2.28 bits per heavy atom. The fourth-order valence-electron chi connectivity index (χ4n) is 1.46. The monoisotopic (exact) mass is 254 g/mol. The van der Waals surface area contributed by atoms with Gasteiger partial charge in [-0.3, -0.25) is 4.79 Å². The lowest BCUT2D eigenvalue weighted by atomic mass is 10.1. The van der Waals surface area contributed by atoms with Crippen molar-refractivity contribution < 1.29 is 19.1 Å². The van der Waals surface area contributed by atoms with Crippen molar-refractivity contribution in [3.63, 3.8) is 0 Å². The normalized spacial score (nSPS) is 11.9. The summed E-state index contributed by atoms with van der Waals surface area (Å²) >= 11 is 0. The zero-order valence-electron chi connectivity index (χ0n) is 10.0. The number of carbonyl (C=O) groups is 2. The molecule has 1 atom stereocenters. The van der Waals surface area contributed by atoms with Gasteiger partial charge in [-0.05, 0) is 18.6 Å². The molecule has 1 aromatic heterocycles. The van der Waals surface area contributed by atoms with E-state index in [0.29, 0.717) is 12.8 Å². The molecule has 1 aromatic rings. The van der Waals surface area contributed by atoms with Gasteiger partial charge in [-0.2, -0.15) is 4.39 Å². The SMILES string of the molecule is CCCC[C@H](NC(=O)c1cccnc1F)C(=O)O. The van der Waals surface area contributed by atoms with Gasteiger partial charge in [0, 0.05) is 6.20 Å². The molecule has 0 unspecified atom stereocenters. The Bertz CT molecular complexity index is 437. The third-order valence-corrected chi connectivity index (χ3v) is 2.45. The third-order valence-electron chi connectivity index (χ3n) is 2.45. The summed E-state index contributed by atoms with van der Waals surface area (Å²) < 4.78 is 13.2. The standard InChI is InChI=1S/C12H15FN2O3/c1-2-3-6-9(12(17)18)15-11(16)8-5-4-7-14-10(8)13/h4-5,7,9H,2-3,6H2,1H3,(H,15,16)(H,17,18)/t9-/m0/s1. The first kappa shape index (κ1) is 14.1. The Labute approximate surface area is 104 Å². The molecule has 98 valence electrons. The number of carboxylic acid groups (broad SMARTS) is 1. The number of rotatable bonds is 6. The van der Waals surface area contributed by atoms with E-state index in [0.717, 1.165) is 6.42 Å². The van der Waals surface area contributed by atoms with Crippen molar-refractivity contribution in [2.45, 2.75) is 32.2 Å². The van der Waals surface area contributed by atoms with Crippen LogP contribution in [-0.2, 0) is 4.79 Å². The third kappa shape index (κ3) is 3.80. The van der Waals surface area contributed by atoms with Gasteiger partial charge in [0.25, 0.3) is 5.91 Å². The van der Waals surface area contributed by atoms with Crippen molar-refractivity contribution in [1.82, 2.24) is 10.3 Å². The quantitative estimate of drug-likeness (QED) is 0.755. The lowest BCUT2D eigenvalue weighted by molar-refractivity contribution is -0.139. The van der Waals surface area contributed by atoms with E-state index >= 15 is 0 Å². The van der Waals surface area contributed by atoms with E-state index in [1.165, 1.54) is 18.3 Å². The second-order valence-electron chi connectivity index (χ2n) is 3.85. The van der Waals surface area contributed by atoms with Crippen LogP contribution in [0.3, 0.4) is 0 Å². The van der Waals surface area contributed by atoms with Gasteiger partial charge in [0.15, 0.2) is 0 Å². The molecule has 2 N–H and O–H groups in total. The highest BCUT2D eigenvalue weighted by molar-refractivity contribution is 5.96. The van der Waals surface area contributed by atoms with Crippen LogP contribution in [0, 0.1) is 5.95 Å². The van der Waals surface area contributed by atoms with Crippen LogP contribution in [0.4, 0.5) is 4.39 Å². The van der Waals surface area contributed by atoms with Crippen LogP contribution in [0.25, 0.3) is 0 Å². The summed E-state index contributed by atoms with van der Waals surface area (Å²) in [4.78, 5) is 26.0. The molecule has 0 saturated carbocycles. The summed E-state index contributed by atoms with van der Waals surface area (Å²) in [5.74, 6) is -2.79. The number of aromatic nitrogens is 1. The summed E-state index contributed by atoms with van der Waals surface area (Å²) in [5, 5.41) is 11.2. The van der Waals surface area contributed by atoms with Gasteiger partial charge in [0.1, 0.15) is 6.04 Å². The lowest BCUT2D eigenvalue weighted by Gasteiger charge is -2.14. The van der Waals surface area contributed by atoms with Gasteiger partial charge < -0.3 is 10.4 Å². The average Bonchev–Trinajstić information content (AvgIpc) is 2.34. The van der Waals surface area contributed by atoms with Crippen LogP contribution >= 0.6 is 0 Å². The highest BCUT2D eigenvalue weighted by Crippen LogP contribution is 2.06. The van der Waals surface area contributed by atoms with E-state index in [4.69, 9.17) is 5.11 Å². The minimum atomic E-state index is -1.12. The number of unbranched alkanes of at least 4 members (excludes halogenated alkanes) is 1. The van der Waals surface area contributed by atoms with Crippen molar-refractivity contribution in [2.24, 2.45) is 0 Å². The molecule has 18 heavy (non-hydrogen) atoms. The summed E-state index contributed by atoms with van der Waals surface area (Å²) in [7, 11) is 0. The molecule has 0 aliphatic rings. The molecule has 1 rings (SSSR count). The van der Waals surface area contributed by atoms with E-state index in [2.05, 4.69) is 10.3 Å². The number of aliphatic carboxylic acids is 1. The molecule has 0 fully saturated rings. The van der Waals surface area contributed by atoms with Crippen LogP contribution < -0.4 is 5.32 Å². The van der Waals surface area contributed by atoms with Crippen LogP contribution in [-0.4, -0.2) is 28.0 Å². The maximum Gasteiger partial charge on any atom is 0.326 e. The van der Waals surface area contributed by atoms with Gasteiger partial charge in [-0.25, -0.2) is 9.78 Å². The van der Waals surface area contributed by atoms with E-state index < -0.39 is 23.9 Å². The van der Waals surface area contributed by atoms with Crippen molar-refractivity contribution in [1.29, 1.82) is 0 Å². The molecule has 0 aromatic carbocycles. The van der Waals surface area contributed by atoms with Gasteiger partial charge in [0.2, 0.25) is 5.95 Å². The van der Waals surface area contributed by atoms with Gasteiger partial charge >= 0.3 is 5.97 Å². The van der Waals surface area contributed by atoms with Gasteiger partial charge in [0.05, 0.1) is 5.56 Å². The zero-order valence-corrected chi connectivity index (χ0v) is 10.0. The Balaban J connectivity index is 2.72. The molecule has 1 amide bonds. The van der Waals surface area contributed by atoms with Crippen LogP contribution in [0.1, 0.15) is 36.5 Å². The molecule has 0 saturated heterocycles. The molecule has 6 heteroatoms. The van der Waals surface area contributed by atoms with Crippen molar-refractivity contribution in [2.75, 3.05) is 0 Å². The highest BCUT2D eigenvalue weighted by Gasteiger charge is 2.21. The number of pyridine rings is 1. The van der Waals surface area contributed by atoms with Gasteiger partial charge in [-0.1, -0.05) is 19.8 Å². The molecular formula is C12H15FN2O3. The molecule has 0 bridgehead atoms. The zero-order chi connectivity index (χ0) is 13.5. The number of carboxylic acids is 1. The number of halogens is 1. The number of hydrogen-bond donors (Lipinski definition) is 2. The fourth-order valence-corrected chi connectivity index (χ4v) is 1.46. The van der Waals surface area contributed by atoms with Crippen LogP contribution in [0.5, 0.6) is 0 Å². The Hall–Kier alpha value is -1.98. The highest BCUT2D eigenvalue weighted by atomic mass is 19.1.